The van der Waals surface area contributed by atoms with Crippen LogP contribution < -0.4 is 0 Å². The SMILES string of the molecule is Cc1cc(O)c2c(c1)[C@H](O)[C@]13Cc4cc(O)c5c(O)c6c(cc5c4[C@H]1C=C[C@@H](O)[C@H]3OC2=O)C(=O)C=CC6=O. The summed E-state index contributed by atoms with van der Waals surface area (Å²) in [5.41, 5.74) is 0.0961. The first-order valence-corrected chi connectivity index (χ1v) is 12.4. The van der Waals surface area contributed by atoms with Crippen LogP contribution in [0.3, 0.4) is 0 Å². The van der Waals surface area contributed by atoms with Crippen LogP contribution in [0, 0.1) is 12.3 Å². The molecule has 0 amide bonds. The average molecular weight is 526 g/mol. The lowest BCUT2D eigenvalue weighted by atomic mass is 9.62. The van der Waals surface area contributed by atoms with Crippen LogP contribution in [0.1, 0.15) is 65.3 Å². The number of allylic oxidation sites excluding steroid dienone is 3. The predicted octanol–water partition coefficient (Wildman–Crippen LogP) is 3.03. The molecule has 5 N–H and O–H groups in total. The molecule has 0 radical (unpaired) electrons. The first-order valence-electron chi connectivity index (χ1n) is 12.4. The van der Waals surface area contributed by atoms with E-state index in [4.69, 9.17) is 4.74 Å². The number of phenols is 3. The lowest BCUT2D eigenvalue weighted by molar-refractivity contribution is -0.119. The number of carbonyl (C=O) groups is 3. The molecule has 9 nitrogen and oxygen atoms in total. The van der Waals surface area contributed by atoms with Crippen molar-refractivity contribution in [3.05, 3.63) is 87.5 Å². The number of ketones is 2. The molecule has 3 aliphatic carbocycles. The summed E-state index contributed by atoms with van der Waals surface area (Å²) < 4.78 is 5.79. The van der Waals surface area contributed by atoms with Gasteiger partial charge in [-0.25, -0.2) is 4.79 Å². The number of hydrogen-bond acceptors (Lipinski definition) is 9. The molecule has 196 valence electrons. The van der Waals surface area contributed by atoms with Crippen LogP contribution in [0.2, 0.25) is 0 Å². The van der Waals surface area contributed by atoms with Crippen molar-refractivity contribution < 1.29 is 44.7 Å². The number of esters is 1. The third-order valence-corrected chi connectivity index (χ3v) is 8.66. The Morgan fingerprint density at radius 2 is 1.64 bits per heavy atom. The molecule has 0 unspecified atom stereocenters. The molecule has 0 aromatic heterocycles. The summed E-state index contributed by atoms with van der Waals surface area (Å²) >= 11 is 0. The van der Waals surface area contributed by atoms with Gasteiger partial charge in [0.2, 0.25) is 0 Å². The summed E-state index contributed by atoms with van der Waals surface area (Å²) in [5.74, 6) is -3.85. The highest BCUT2D eigenvalue weighted by molar-refractivity contribution is 6.26. The van der Waals surface area contributed by atoms with E-state index in [1.807, 2.05) is 0 Å². The molecule has 0 fully saturated rings. The van der Waals surface area contributed by atoms with Crippen molar-refractivity contribution in [3.8, 4) is 17.2 Å². The summed E-state index contributed by atoms with van der Waals surface area (Å²) in [6.45, 7) is 1.71. The number of aliphatic hydroxyl groups is 2. The van der Waals surface area contributed by atoms with E-state index in [9.17, 15) is 39.9 Å². The Morgan fingerprint density at radius 1 is 0.897 bits per heavy atom. The van der Waals surface area contributed by atoms with Crippen LogP contribution in [0.4, 0.5) is 0 Å². The van der Waals surface area contributed by atoms with E-state index in [0.29, 0.717) is 22.1 Å². The Balaban J connectivity index is 1.54. The minimum Gasteiger partial charge on any atom is -0.507 e. The van der Waals surface area contributed by atoms with E-state index < -0.39 is 52.9 Å². The van der Waals surface area contributed by atoms with Crippen LogP contribution in [-0.2, 0) is 11.2 Å². The minimum atomic E-state index is -1.40. The second-order valence-electron chi connectivity index (χ2n) is 10.7. The van der Waals surface area contributed by atoms with Crippen LogP contribution in [0.15, 0.2) is 48.6 Å². The quantitative estimate of drug-likeness (QED) is 0.219. The highest BCUT2D eigenvalue weighted by Gasteiger charge is 2.62. The zero-order chi connectivity index (χ0) is 27.5. The normalized spacial score (nSPS) is 28.3. The van der Waals surface area contributed by atoms with Gasteiger partial charge in [-0.2, -0.15) is 0 Å². The number of fused-ring (bicyclic) bond motifs is 6. The van der Waals surface area contributed by atoms with Crippen molar-refractivity contribution in [3.63, 3.8) is 0 Å². The second kappa shape index (κ2) is 7.56. The number of aromatic hydroxyl groups is 3. The van der Waals surface area contributed by atoms with Gasteiger partial charge in [0.25, 0.3) is 0 Å². The summed E-state index contributed by atoms with van der Waals surface area (Å²) in [5, 5.41) is 56.0. The molecule has 4 aliphatic rings. The Morgan fingerprint density at radius 3 is 2.41 bits per heavy atom. The number of aliphatic hydroxyl groups excluding tert-OH is 2. The molecular formula is C30H22O9. The monoisotopic (exact) mass is 526 g/mol. The van der Waals surface area contributed by atoms with Gasteiger partial charge in [-0.05, 0) is 71.3 Å². The van der Waals surface area contributed by atoms with Crippen molar-refractivity contribution >= 4 is 28.3 Å². The highest BCUT2D eigenvalue weighted by Crippen LogP contribution is 2.64. The Labute approximate surface area is 220 Å². The van der Waals surface area contributed by atoms with Gasteiger partial charge in [0.1, 0.15) is 35.0 Å². The molecule has 0 saturated heterocycles. The van der Waals surface area contributed by atoms with Gasteiger partial charge < -0.3 is 30.3 Å². The van der Waals surface area contributed by atoms with Crippen molar-refractivity contribution in [2.75, 3.05) is 0 Å². The number of carbonyl (C=O) groups excluding carboxylic acids is 3. The molecule has 0 bridgehead atoms. The van der Waals surface area contributed by atoms with Crippen LogP contribution in [0.25, 0.3) is 10.8 Å². The highest BCUT2D eigenvalue weighted by atomic mass is 16.6. The molecule has 3 aromatic carbocycles. The molecule has 1 heterocycles. The van der Waals surface area contributed by atoms with Crippen molar-refractivity contribution in [2.24, 2.45) is 5.41 Å². The summed E-state index contributed by atoms with van der Waals surface area (Å²) in [6.07, 6.45) is 1.46. The summed E-state index contributed by atoms with van der Waals surface area (Å²) in [7, 11) is 0. The molecule has 7 rings (SSSR count). The lowest BCUT2D eigenvalue weighted by Crippen LogP contribution is -2.52. The first kappa shape index (κ1) is 23.6. The van der Waals surface area contributed by atoms with Gasteiger partial charge in [-0.15, -0.1) is 0 Å². The largest absolute Gasteiger partial charge is 0.507 e. The van der Waals surface area contributed by atoms with Gasteiger partial charge in [-0.1, -0.05) is 18.2 Å². The molecular weight excluding hydrogens is 504 g/mol. The number of aryl methyl sites for hydroxylation is 1. The third-order valence-electron chi connectivity index (χ3n) is 8.66. The maximum atomic E-state index is 13.2. The molecule has 3 aromatic rings. The minimum absolute atomic E-state index is 0.0173. The smallest absolute Gasteiger partial charge is 0.342 e. The van der Waals surface area contributed by atoms with Crippen molar-refractivity contribution in [1.82, 2.24) is 0 Å². The number of benzene rings is 3. The van der Waals surface area contributed by atoms with Crippen LogP contribution in [0.5, 0.6) is 17.2 Å². The standard InChI is InChI=1S/C30H22O9/c1-11-6-15-25(20(34)7-11)29(38)39-28-19(33)3-2-16-22-12(10-30(16,28)27(15)37)8-21(35)24-14(22)9-13-17(31)4-5-18(32)23(13)26(24)36/h2-9,16,19,27-28,33-37H,10H2,1H3/t16-,19-,27+,28-,30+/m1/s1. The zero-order valence-electron chi connectivity index (χ0n) is 20.5. The fraction of sp³-hybridized carbons (Fsp3) is 0.233. The Kier molecular flexibility index (Phi) is 4.58. The maximum Gasteiger partial charge on any atom is 0.342 e. The average Bonchev–Trinajstić information content (AvgIpc) is 3.17. The molecule has 39 heavy (non-hydrogen) atoms. The van der Waals surface area contributed by atoms with Gasteiger partial charge >= 0.3 is 5.97 Å². The number of hydrogen-bond donors (Lipinski definition) is 5. The number of rotatable bonds is 0. The zero-order valence-corrected chi connectivity index (χ0v) is 20.5. The van der Waals surface area contributed by atoms with Crippen molar-refractivity contribution in [1.29, 1.82) is 0 Å². The molecule has 1 spiro atoms. The second-order valence-corrected chi connectivity index (χ2v) is 10.7. The van der Waals surface area contributed by atoms with E-state index in [1.165, 1.54) is 24.3 Å². The van der Waals surface area contributed by atoms with Gasteiger partial charge in [-0.3, -0.25) is 9.59 Å². The van der Waals surface area contributed by atoms with Gasteiger partial charge in [0.15, 0.2) is 11.6 Å². The summed E-state index contributed by atoms with van der Waals surface area (Å²) in [6, 6.07) is 5.86. The van der Waals surface area contributed by atoms with Gasteiger partial charge in [0.05, 0.1) is 22.5 Å². The third kappa shape index (κ3) is 2.83. The fourth-order valence-corrected chi connectivity index (χ4v) is 7.11. The van der Waals surface area contributed by atoms with Crippen molar-refractivity contribution in [2.45, 2.75) is 37.6 Å². The molecule has 9 heteroatoms. The molecule has 5 atom stereocenters. The van der Waals surface area contributed by atoms with Crippen LogP contribution in [-0.4, -0.2) is 55.3 Å². The Hall–Kier alpha value is -4.47. The summed E-state index contributed by atoms with van der Waals surface area (Å²) in [4.78, 5) is 38.5. The van der Waals surface area contributed by atoms with E-state index >= 15 is 0 Å². The first-order chi connectivity index (χ1) is 18.5. The predicted molar refractivity (Wildman–Crippen MR) is 136 cm³/mol. The van der Waals surface area contributed by atoms with Crippen LogP contribution >= 0.6 is 0 Å². The van der Waals surface area contributed by atoms with E-state index in [2.05, 4.69) is 0 Å². The molecule has 0 saturated carbocycles. The maximum absolute atomic E-state index is 13.2. The van der Waals surface area contributed by atoms with E-state index in [0.717, 1.165) is 12.2 Å². The Bertz CT molecular complexity index is 1760. The van der Waals surface area contributed by atoms with E-state index in [1.54, 1.807) is 19.1 Å². The lowest BCUT2D eigenvalue weighted by Gasteiger charge is -2.46. The number of ether oxygens (including phenoxy) is 1. The molecule has 1 aliphatic heterocycles. The van der Waals surface area contributed by atoms with E-state index in [-0.39, 0.29) is 45.6 Å². The van der Waals surface area contributed by atoms with Gasteiger partial charge in [0, 0.05) is 11.5 Å². The topological polar surface area (TPSA) is 162 Å². The number of phenolic OH excluding ortho intramolecular Hbond substituents is 3. The fourth-order valence-electron chi connectivity index (χ4n) is 7.11.